The molecule has 0 saturated carbocycles. The zero-order valence-electron chi connectivity index (χ0n) is 49.0. The standard InChI is InChI=1S/C64H117N2O7P/c1-7-10-13-16-19-22-25-28-30-31-32-33-34-35-37-38-41-44-47-50-53-56-63(67)65-61(60-72-74(69,70)71-59-58-66(4,5)6)62(55-52-49-46-43-40-27-24-21-18-15-12-9-3)73-64(68)57-54-51-48-45-42-39-36-29-26-23-20-17-14-11-8-2/h10,13,19,22,28,30,32-33,35,37,52,55,61-62H,7-9,11-12,14-18,20-21,23-27,29,31,34,36,38-51,53-54,56-60H2,1-6H3,(H-,65,67,69,70)/b13-10-,22-19-,30-28-,33-32-,37-35-,55-52-. The highest BCUT2D eigenvalue weighted by atomic mass is 31.2. The third kappa shape index (κ3) is 54.2. The molecule has 0 radical (unpaired) electrons. The minimum absolute atomic E-state index is 0.0277. The molecule has 430 valence electrons. The number of esters is 1. The van der Waals surface area contributed by atoms with Crippen LogP contribution in [0.25, 0.3) is 0 Å². The first-order valence-corrected chi connectivity index (χ1v) is 32.2. The van der Waals surface area contributed by atoms with Gasteiger partial charge in [0.25, 0.3) is 7.82 Å². The van der Waals surface area contributed by atoms with Crippen LogP contribution in [0.15, 0.2) is 72.9 Å². The second-order valence-electron chi connectivity index (χ2n) is 21.8. The van der Waals surface area contributed by atoms with Gasteiger partial charge in [-0.2, -0.15) is 0 Å². The van der Waals surface area contributed by atoms with E-state index in [9.17, 15) is 19.0 Å². The van der Waals surface area contributed by atoms with Crippen LogP contribution in [0.4, 0.5) is 0 Å². The number of ether oxygens (including phenoxy) is 1. The molecule has 0 bridgehead atoms. The quantitative estimate of drug-likeness (QED) is 0.0212. The Morgan fingerprint density at radius 2 is 0.865 bits per heavy atom. The summed E-state index contributed by atoms with van der Waals surface area (Å²) in [7, 11) is 1.17. The van der Waals surface area contributed by atoms with Gasteiger partial charge in [-0.25, -0.2) is 0 Å². The molecule has 0 aliphatic rings. The molecular weight excluding hydrogens is 940 g/mol. The molecule has 0 aromatic rings. The first-order chi connectivity index (χ1) is 35.9. The van der Waals surface area contributed by atoms with Gasteiger partial charge >= 0.3 is 5.97 Å². The Morgan fingerprint density at radius 1 is 0.486 bits per heavy atom. The SMILES string of the molecule is CC/C=C\C/C=C\C/C=C\C/C=C\C/C=C\CCCCCCCC(=O)NC(COP(=O)([O-])OCC[N+](C)(C)C)C(/C=C\CCCCCCCCCCCC)OC(=O)CCCCCCCCCCCCCCCCC. The van der Waals surface area contributed by atoms with Gasteiger partial charge in [-0.15, -0.1) is 0 Å². The fourth-order valence-corrected chi connectivity index (χ4v) is 9.39. The van der Waals surface area contributed by atoms with Crippen LogP contribution < -0.4 is 10.2 Å². The molecule has 10 heteroatoms. The largest absolute Gasteiger partial charge is 0.756 e. The van der Waals surface area contributed by atoms with Crippen molar-refractivity contribution in [2.24, 2.45) is 0 Å². The number of hydrogen-bond donors (Lipinski definition) is 1. The summed E-state index contributed by atoms with van der Waals surface area (Å²) in [6.07, 6.45) is 68.6. The summed E-state index contributed by atoms with van der Waals surface area (Å²) >= 11 is 0. The number of unbranched alkanes of at least 4 members (excludes halogenated alkanes) is 29. The molecule has 1 amide bonds. The van der Waals surface area contributed by atoms with Crippen molar-refractivity contribution < 1.29 is 37.3 Å². The average Bonchev–Trinajstić information content (AvgIpc) is 3.36. The van der Waals surface area contributed by atoms with E-state index in [4.69, 9.17) is 13.8 Å². The molecule has 0 aromatic carbocycles. The maximum atomic E-state index is 13.5. The van der Waals surface area contributed by atoms with Gasteiger partial charge in [0.1, 0.15) is 19.3 Å². The van der Waals surface area contributed by atoms with Gasteiger partial charge in [-0.3, -0.25) is 14.2 Å². The lowest BCUT2D eigenvalue weighted by atomic mass is 10.0. The third-order valence-corrected chi connectivity index (χ3v) is 14.4. The number of amides is 1. The predicted octanol–water partition coefficient (Wildman–Crippen LogP) is 18.2. The van der Waals surface area contributed by atoms with Crippen molar-refractivity contribution in [3.63, 3.8) is 0 Å². The van der Waals surface area contributed by atoms with E-state index in [0.29, 0.717) is 23.9 Å². The lowest BCUT2D eigenvalue weighted by Gasteiger charge is -2.30. The number of carbonyl (C=O) groups excluding carboxylic acids is 2. The van der Waals surface area contributed by atoms with Crippen LogP contribution >= 0.6 is 7.82 Å². The highest BCUT2D eigenvalue weighted by Gasteiger charge is 2.27. The van der Waals surface area contributed by atoms with Crippen LogP contribution in [-0.4, -0.2) is 69.4 Å². The summed E-state index contributed by atoms with van der Waals surface area (Å²) in [6.45, 7) is 6.72. The Balaban J connectivity index is 5.29. The van der Waals surface area contributed by atoms with Gasteiger partial charge in [0.15, 0.2) is 0 Å². The number of likely N-dealkylation sites (N-methyl/N-ethyl adjacent to an activating group) is 1. The molecule has 0 aromatic heterocycles. The first-order valence-electron chi connectivity index (χ1n) is 30.7. The molecule has 0 saturated heterocycles. The smallest absolute Gasteiger partial charge is 0.306 e. The molecule has 0 aliphatic heterocycles. The van der Waals surface area contributed by atoms with Crippen LogP contribution in [0.5, 0.6) is 0 Å². The fraction of sp³-hybridized carbons (Fsp3) is 0.781. The van der Waals surface area contributed by atoms with Crippen molar-refractivity contribution in [3.8, 4) is 0 Å². The van der Waals surface area contributed by atoms with E-state index < -0.39 is 26.6 Å². The van der Waals surface area contributed by atoms with Crippen LogP contribution in [0.3, 0.4) is 0 Å². The Hall–Kier alpha value is -2.55. The number of phosphoric ester groups is 1. The molecule has 0 fully saturated rings. The number of nitrogens with one attached hydrogen (secondary N) is 1. The zero-order chi connectivity index (χ0) is 54.3. The van der Waals surface area contributed by atoms with Crippen molar-refractivity contribution in [2.75, 3.05) is 40.9 Å². The molecule has 0 heterocycles. The van der Waals surface area contributed by atoms with Gasteiger partial charge < -0.3 is 28.5 Å². The second-order valence-corrected chi connectivity index (χ2v) is 23.2. The lowest BCUT2D eigenvalue weighted by Crippen LogP contribution is -2.47. The van der Waals surface area contributed by atoms with E-state index in [0.717, 1.165) is 103 Å². The maximum absolute atomic E-state index is 13.5. The van der Waals surface area contributed by atoms with Gasteiger partial charge in [0, 0.05) is 12.8 Å². The Morgan fingerprint density at radius 3 is 1.30 bits per heavy atom. The number of rotatable bonds is 55. The zero-order valence-corrected chi connectivity index (χ0v) is 49.9. The van der Waals surface area contributed by atoms with Gasteiger partial charge in [0.2, 0.25) is 5.91 Å². The summed E-state index contributed by atoms with van der Waals surface area (Å²) in [5.41, 5.74) is 0. The maximum Gasteiger partial charge on any atom is 0.306 e. The van der Waals surface area contributed by atoms with Crippen LogP contribution in [0.2, 0.25) is 0 Å². The number of quaternary nitrogens is 1. The molecular formula is C64H117N2O7P. The van der Waals surface area contributed by atoms with Gasteiger partial charge in [-0.1, -0.05) is 255 Å². The second kappa shape index (κ2) is 53.8. The highest BCUT2D eigenvalue weighted by molar-refractivity contribution is 7.45. The van der Waals surface area contributed by atoms with Crippen molar-refractivity contribution in [3.05, 3.63) is 72.9 Å². The number of carbonyl (C=O) groups is 2. The van der Waals surface area contributed by atoms with Crippen LogP contribution in [0, 0.1) is 0 Å². The van der Waals surface area contributed by atoms with E-state index in [2.05, 4.69) is 86.8 Å². The van der Waals surface area contributed by atoms with Gasteiger partial charge in [-0.05, 0) is 76.7 Å². The molecule has 3 atom stereocenters. The lowest BCUT2D eigenvalue weighted by molar-refractivity contribution is -0.870. The Kier molecular flexibility index (Phi) is 52.0. The van der Waals surface area contributed by atoms with Crippen LogP contribution in [0.1, 0.15) is 271 Å². The fourth-order valence-electron chi connectivity index (χ4n) is 8.67. The molecule has 9 nitrogen and oxygen atoms in total. The topological polar surface area (TPSA) is 114 Å². The van der Waals surface area contributed by atoms with E-state index in [1.807, 2.05) is 33.3 Å². The van der Waals surface area contributed by atoms with Crippen molar-refractivity contribution in [1.29, 1.82) is 0 Å². The normalized spacial score (nSPS) is 14.2. The average molecular weight is 1060 g/mol. The summed E-state index contributed by atoms with van der Waals surface area (Å²) in [5.74, 6) is -0.558. The Labute approximate surface area is 457 Å². The summed E-state index contributed by atoms with van der Waals surface area (Å²) < 4.78 is 30.3. The molecule has 0 aliphatic carbocycles. The minimum Gasteiger partial charge on any atom is -0.756 e. The number of hydrogen-bond acceptors (Lipinski definition) is 7. The molecule has 0 rings (SSSR count). The molecule has 0 spiro atoms. The van der Waals surface area contributed by atoms with E-state index in [1.54, 1.807) is 0 Å². The number of nitrogens with zero attached hydrogens (tertiary/aromatic N) is 1. The van der Waals surface area contributed by atoms with Crippen molar-refractivity contribution in [1.82, 2.24) is 5.32 Å². The monoisotopic (exact) mass is 1060 g/mol. The van der Waals surface area contributed by atoms with Crippen molar-refractivity contribution >= 4 is 19.7 Å². The van der Waals surface area contributed by atoms with Gasteiger partial charge in [0.05, 0.1) is 33.8 Å². The number of phosphoric acid groups is 1. The summed E-state index contributed by atoms with van der Waals surface area (Å²) in [4.78, 5) is 40.0. The first kappa shape index (κ1) is 71.5. The Bertz CT molecular complexity index is 1500. The molecule has 74 heavy (non-hydrogen) atoms. The minimum atomic E-state index is -4.70. The van der Waals surface area contributed by atoms with Crippen molar-refractivity contribution in [2.45, 2.75) is 283 Å². The summed E-state index contributed by atoms with van der Waals surface area (Å²) in [6, 6.07) is -0.899. The highest BCUT2D eigenvalue weighted by Crippen LogP contribution is 2.38. The van der Waals surface area contributed by atoms with E-state index in [1.165, 1.54) is 128 Å². The third-order valence-electron chi connectivity index (χ3n) is 13.4. The molecule has 3 unspecified atom stereocenters. The van der Waals surface area contributed by atoms with Crippen LogP contribution in [-0.2, 0) is 27.9 Å². The van der Waals surface area contributed by atoms with E-state index >= 15 is 0 Å². The molecule has 1 N–H and O–H groups in total. The number of allylic oxidation sites excluding steroid dienone is 11. The predicted molar refractivity (Wildman–Crippen MR) is 316 cm³/mol. The van der Waals surface area contributed by atoms with E-state index in [-0.39, 0.29) is 24.9 Å². The summed E-state index contributed by atoms with van der Waals surface area (Å²) in [5, 5.41) is 3.02.